The van der Waals surface area contributed by atoms with E-state index in [-0.39, 0.29) is 11.3 Å². The van der Waals surface area contributed by atoms with Crippen LogP contribution in [-0.4, -0.2) is 20.4 Å². The first kappa shape index (κ1) is 16.9. The van der Waals surface area contributed by atoms with Gasteiger partial charge in [0.1, 0.15) is 0 Å². The fourth-order valence-corrected chi connectivity index (χ4v) is 3.58. The lowest BCUT2D eigenvalue weighted by Gasteiger charge is -2.19. The average Bonchev–Trinajstić information content (AvgIpc) is 2.53. The van der Waals surface area contributed by atoms with Crippen molar-refractivity contribution in [3.8, 4) is 6.07 Å². The van der Waals surface area contributed by atoms with Crippen LogP contribution in [0.25, 0.3) is 0 Å². The number of nitriles is 1. The SMILES string of the molecule is CN(c1cccc(C#N)c1)S(=O)(=O)c1ccc(Br)cc1[N+](=O)[O-]. The van der Waals surface area contributed by atoms with Gasteiger partial charge in [0.25, 0.3) is 15.7 Å². The Morgan fingerprint density at radius 3 is 2.57 bits per heavy atom. The second kappa shape index (κ2) is 6.36. The highest BCUT2D eigenvalue weighted by molar-refractivity contribution is 9.10. The Morgan fingerprint density at radius 1 is 1.26 bits per heavy atom. The zero-order chi connectivity index (χ0) is 17.2. The number of benzene rings is 2. The third-order valence-electron chi connectivity index (χ3n) is 3.09. The van der Waals surface area contributed by atoms with Crippen LogP contribution in [0.15, 0.2) is 51.8 Å². The van der Waals surface area contributed by atoms with E-state index in [4.69, 9.17) is 5.26 Å². The van der Waals surface area contributed by atoms with Crippen LogP contribution in [-0.2, 0) is 10.0 Å². The smallest absolute Gasteiger partial charge is 0.269 e. The van der Waals surface area contributed by atoms with E-state index in [1.165, 1.54) is 43.4 Å². The number of hydrogen-bond acceptors (Lipinski definition) is 5. The second-order valence-electron chi connectivity index (χ2n) is 4.50. The summed E-state index contributed by atoms with van der Waals surface area (Å²) < 4.78 is 26.7. The Hall–Kier alpha value is -2.44. The van der Waals surface area contributed by atoms with Gasteiger partial charge in [-0.05, 0) is 30.3 Å². The zero-order valence-corrected chi connectivity index (χ0v) is 14.2. The van der Waals surface area contributed by atoms with E-state index in [9.17, 15) is 18.5 Å². The van der Waals surface area contributed by atoms with Crippen LogP contribution in [0.4, 0.5) is 11.4 Å². The molecule has 0 unspecified atom stereocenters. The van der Waals surface area contributed by atoms with Gasteiger partial charge in [0.2, 0.25) is 0 Å². The number of rotatable bonds is 4. The number of nitro groups is 1. The molecule has 0 saturated heterocycles. The second-order valence-corrected chi connectivity index (χ2v) is 7.36. The topological polar surface area (TPSA) is 104 Å². The van der Waals surface area contributed by atoms with Crippen molar-refractivity contribution in [1.82, 2.24) is 0 Å². The van der Waals surface area contributed by atoms with E-state index in [0.717, 1.165) is 10.4 Å². The van der Waals surface area contributed by atoms with Gasteiger partial charge < -0.3 is 0 Å². The monoisotopic (exact) mass is 395 g/mol. The molecule has 0 aromatic heterocycles. The summed E-state index contributed by atoms with van der Waals surface area (Å²) in [6.07, 6.45) is 0. The highest BCUT2D eigenvalue weighted by Crippen LogP contribution is 2.31. The molecule has 2 aromatic rings. The molecule has 0 aliphatic carbocycles. The number of nitro benzene ring substituents is 1. The summed E-state index contributed by atoms with van der Waals surface area (Å²) in [5, 5.41) is 20.0. The predicted octanol–water partition coefficient (Wildman–Crippen LogP) is 3.05. The fourth-order valence-electron chi connectivity index (χ4n) is 1.91. The lowest BCUT2D eigenvalue weighted by molar-refractivity contribution is -0.387. The molecule has 23 heavy (non-hydrogen) atoms. The minimum Gasteiger partial charge on any atom is -0.269 e. The number of sulfonamides is 1. The molecular formula is C14H10BrN3O4S. The van der Waals surface area contributed by atoms with E-state index in [1.807, 2.05) is 6.07 Å². The first-order valence-corrected chi connectivity index (χ1v) is 8.43. The zero-order valence-electron chi connectivity index (χ0n) is 11.8. The minimum absolute atomic E-state index is 0.237. The van der Waals surface area contributed by atoms with Crippen molar-refractivity contribution in [2.75, 3.05) is 11.4 Å². The highest BCUT2D eigenvalue weighted by atomic mass is 79.9. The van der Waals surface area contributed by atoms with Crippen LogP contribution in [0.3, 0.4) is 0 Å². The minimum atomic E-state index is -4.15. The van der Waals surface area contributed by atoms with Crippen molar-refractivity contribution in [1.29, 1.82) is 5.26 Å². The Bertz CT molecular complexity index is 922. The van der Waals surface area contributed by atoms with Gasteiger partial charge in [-0.3, -0.25) is 14.4 Å². The van der Waals surface area contributed by atoms with Gasteiger partial charge in [-0.15, -0.1) is 0 Å². The summed E-state index contributed by atoms with van der Waals surface area (Å²) in [4.78, 5) is 9.97. The Labute approximate surface area is 141 Å². The molecule has 0 spiro atoms. The van der Waals surface area contributed by atoms with Crippen LogP contribution in [0.5, 0.6) is 0 Å². The summed E-state index contributed by atoms with van der Waals surface area (Å²) >= 11 is 3.08. The van der Waals surface area contributed by atoms with Crippen molar-refractivity contribution < 1.29 is 13.3 Å². The molecule has 0 aliphatic rings. The molecule has 0 aliphatic heterocycles. The van der Waals surface area contributed by atoms with Gasteiger partial charge in [-0.25, -0.2) is 8.42 Å². The van der Waals surface area contributed by atoms with Crippen LogP contribution in [0.1, 0.15) is 5.56 Å². The third kappa shape index (κ3) is 3.33. The van der Waals surface area contributed by atoms with Gasteiger partial charge in [0.15, 0.2) is 4.90 Å². The van der Waals surface area contributed by atoms with Crippen LogP contribution >= 0.6 is 15.9 Å². The van der Waals surface area contributed by atoms with E-state index >= 15 is 0 Å². The van der Waals surface area contributed by atoms with Gasteiger partial charge in [-0.2, -0.15) is 5.26 Å². The first-order chi connectivity index (χ1) is 10.8. The summed E-state index contributed by atoms with van der Waals surface area (Å²) in [5.41, 5.74) is -0.00112. The number of anilines is 1. The summed E-state index contributed by atoms with van der Waals surface area (Å²) in [6.45, 7) is 0. The van der Waals surface area contributed by atoms with Crippen molar-refractivity contribution in [2.45, 2.75) is 4.90 Å². The molecule has 0 atom stereocenters. The van der Waals surface area contributed by atoms with Crippen LogP contribution < -0.4 is 4.31 Å². The Kier molecular flexibility index (Phi) is 4.68. The summed E-state index contributed by atoms with van der Waals surface area (Å²) in [5.74, 6) is 0. The number of nitrogens with zero attached hydrogens (tertiary/aromatic N) is 3. The average molecular weight is 396 g/mol. The molecule has 0 amide bonds. The highest BCUT2D eigenvalue weighted by Gasteiger charge is 2.30. The van der Waals surface area contributed by atoms with E-state index in [0.29, 0.717) is 4.47 Å². The van der Waals surface area contributed by atoms with Crippen molar-refractivity contribution in [3.05, 3.63) is 62.6 Å². The normalized spacial score (nSPS) is 10.8. The summed E-state index contributed by atoms with van der Waals surface area (Å²) in [7, 11) is -2.87. The Morgan fingerprint density at radius 2 is 1.96 bits per heavy atom. The number of hydrogen-bond donors (Lipinski definition) is 0. The van der Waals surface area contributed by atoms with Gasteiger partial charge in [0, 0.05) is 17.6 Å². The Balaban J connectivity index is 2.58. The largest absolute Gasteiger partial charge is 0.291 e. The van der Waals surface area contributed by atoms with Crippen molar-refractivity contribution in [2.24, 2.45) is 0 Å². The lowest BCUT2D eigenvalue weighted by atomic mass is 10.2. The van der Waals surface area contributed by atoms with E-state index in [1.54, 1.807) is 0 Å². The van der Waals surface area contributed by atoms with Crippen molar-refractivity contribution in [3.63, 3.8) is 0 Å². The standard InChI is InChI=1S/C14H10BrN3O4S/c1-17(12-4-2-3-10(7-12)9-16)23(21,22)14-6-5-11(15)8-13(14)18(19)20/h2-8H,1H3. The maximum Gasteiger partial charge on any atom is 0.291 e. The molecule has 0 heterocycles. The first-order valence-electron chi connectivity index (χ1n) is 6.20. The van der Waals surface area contributed by atoms with Crippen molar-refractivity contribution >= 4 is 37.3 Å². The molecule has 7 nitrogen and oxygen atoms in total. The molecule has 0 radical (unpaired) electrons. The molecule has 118 valence electrons. The summed E-state index contributed by atoms with van der Waals surface area (Å²) in [6, 6.07) is 11.6. The van der Waals surface area contributed by atoms with Gasteiger partial charge in [-0.1, -0.05) is 22.0 Å². The van der Waals surface area contributed by atoms with E-state index < -0.39 is 25.5 Å². The molecule has 9 heteroatoms. The molecule has 0 bridgehead atoms. The lowest BCUT2D eigenvalue weighted by Crippen LogP contribution is -2.27. The number of halogens is 1. The predicted molar refractivity (Wildman–Crippen MR) is 87.5 cm³/mol. The van der Waals surface area contributed by atoms with Crippen LogP contribution in [0.2, 0.25) is 0 Å². The fraction of sp³-hybridized carbons (Fsp3) is 0.0714. The maximum atomic E-state index is 12.7. The molecular weight excluding hydrogens is 386 g/mol. The molecule has 0 fully saturated rings. The van der Waals surface area contributed by atoms with Gasteiger partial charge in [0.05, 0.1) is 22.2 Å². The van der Waals surface area contributed by atoms with E-state index in [2.05, 4.69) is 15.9 Å². The molecule has 2 aromatic carbocycles. The molecule has 2 rings (SSSR count). The third-order valence-corrected chi connectivity index (χ3v) is 5.42. The quantitative estimate of drug-likeness (QED) is 0.584. The molecule has 0 N–H and O–H groups in total. The van der Waals surface area contributed by atoms with Gasteiger partial charge >= 0.3 is 0 Å². The maximum absolute atomic E-state index is 12.7. The van der Waals surface area contributed by atoms with Crippen LogP contribution in [0, 0.1) is 21.4 Å². The molecule has 0 saturated carbocycles.